The van der Waals surface area contributed by atoms with Crippen LogP contribution in [0.4, 0.5) is 5.69 Å². The van der Waals surface area contributed by atoms with Gasteiger partial charge in [0, 0.05) is 6.07 Å². The molecule has 0 atom stereocenters. The summed E-state index contributed by atoms with van der Waals surface area (Å²) >= 11 is 0. The van der Waals surface area contributed by atoms with Gasteiger partial charge in [-0.1, -0.05) is 6.07 Å². The topological polar surface area (TPSA) is 80.4 Å². The van der Waals surface area contributed by atoms with Gasteiger partial charge in [-0.2, -0.15) is 0 Å². The number of aromatic hydroxyl groups is 1. The number of carbonyl (C=O) groups is 1. The monoisotopic (exact) mass is 377 g/mol. The summed E-state index contributed by atoms with van der Waals surface area (Å²) in [6.07, 6.45) is 0.363. The molecule has 1 rings (SSSR count). The zero-order valence-corrected chi connectivity index (χ0v) is 12.1. The molecule has 0 aromatic heterocycles. The van der Waals surface area contributed by atoms with Crippen LogP contribution in [0.15, 0.2) is 18.2 Å². The number of hydrogen-bond acceptors (Lipinski definition) is 4. The first-order valence-electron chi connectivity index (χ1n) is 3.08. The number of aldehydes is 1. The molecule has 6 heteroatoms. The van der Waals surface area contributed by atoms with E-state index in [9.17, 15) is 14.9 Å². The molecule has 0 heterocycles. The molecule has 0 aliphatic carbocycles. The Morgan fingerprint density at radius 2 is 2.08 bits per heavy atom. The Labute approximate surface area is 93.7 Å². The molecule has 0 saturated carbocycles. The van der Waals surface area contributed by atoms with Gasteiger partial charge >= 0.3 is 33.0 Å². The van der Waals surface area contributed by atoms with Gasteiger partial charge in [0.15, 0.2) is 6.29 Å². The fourth-order valence-corrected chi connectivity index (χ4v) is 0.791. The van der Waals surface area contributed by atoms with Crippen LogP contribution < -0.4 is 0 Å². The normalized spacial score (nSPS) is 8.62. The van der Waals surface area contributed by atoms with Crippen LogP contribution in [0.3, 0.4) is 0 Å². The Balaban J connectivity index is 0.00000144. The molecule has 0 aliphatic rings. The second-order valence-corrected chi connectivity index (χ2v) is 2.09. The molecule has 0 saturated heterocycles. The third-order valence-corrected chi connectivity index (χ3v) is 1.37. The minimum absolute atomic E-state index is 0. The van der Waals surface area contributed by atoms with Crippen molar-refractivity contribution >= 4 is 39.3 Å². The van der Waals surface area contributed by atoms with E-state index < -0.39 is 16.4 Å². The van der Waals surface area contributed by atoms with Crippen LogP contribution in [-0.4, -0.2) is 43.6 Å². The average molecular weight is 376 g/mol. The molecule has 1 N–H and O–H groups in total. The predicted molar refractivity (Wildman–Crippen MR) is 48.7 cm³/mol. The van der Waals surface area contributed by atoms with E-state index in [1.807, 2.05) is 0 Å². The number of nitro groups is 1. The molecular weight excluding hydrogens is 369 g/mol. The summed E-state index contributed by atoms with van der Waals surface area (Å²) in [5.74, 6) is -0.586. The fraction of sp³-hybridized carbons (Fsp3) is 0. The summed E-state index contributed by atoms with van der Waals surface area (Å²) in [5.41, 5.74) is -0.538. The first-order valence-corrected chi connectivity index (χ1v) is 3.08. The molecular formula is C7H7NO4Pb. The van der Waals surface area contributed by atoms with E-state index in [2.05, 4.69) is 0 Å². The summed E-state index contributed by atoms with van der Waals surface area (Å²) in [6, 6.07) is 3.76. The van der Waals surface area contributed by atoms with Gasteiger partial charge in [-0.25, -0.2) is 0 Å². The molecule has 0 fully saturated rings. The Kier molecular flexibility index (Phi) is 4.53. The standard InChI is InChI=1S/C7H5NO4.Pb.2H/c9-4-5-2-1-3-6(7(5)10)8(11)12;;;/h1-4,10H;;;. The van der Waals surface area contributed by atoms with Crippen molar-refractivity contribution < 1.29 is 14.8 Å². The molecule has 1 aromatic carbocycles. The van der Waals surface area contributed by atoms with E-state index in [0.717, 1.165) is 6.07 Å². The number of phenolic OH excluding ortho intramolecular Hbond substituents is 1. The van der Waals surface area contributed by atoms with Crippen molar-refractivity contribution in [3.63, 3.8) is 0 Å². The molecule has 0 unspecified atom stereocenters. The number of nitrogens with zero attached hydrogens (tertiary/aromatic N) is 1. The van der Waals surface area contributed by atoms with Crippen molar-refractivity contribution in [3.8, 4) is 5.75 Å². The van der Waals surface area contributed by atoms with E-state index in [-0.39, 0.29) is 32.9 Å². The summed E-state index contributed by atoms with van der Waals surface area (Å²) in [6.45, 7) is 0. The first-order chi connectivity index (χ1) is 5.66. The number of nitro benzene ring substituents is 1. The molecule has 0 spiro atoms. The summed E-state index contributed by atoms with van der Waals surface area (Å²) < 4.78 is 0. The maximum atomic E-state index is 10.2. The summed E-state index contributed by atoms with van der Waals surface area (Å²) in [5, 5.41) is 19.3. The third-order valence-electron chi connectivity index (χ3n) is 1.37. The Hall–Kier alpha value is -0.988. The van der Waals surface area contributed by atoms with Gasteiger partial charge in [-0.15, -0.1) is 0 Å². The Morgan fingerprint density at radius 1 is 1.46 bits per heavy atom. The van der Waals surface area contributed by atoms with Crippen molar-refractivity contribution in [2.75, 3.05) is 0 Å². The van der Waals surface area contributed by atoms with Gasteiger partial charge in [0.2, 0.25) is 5.75 Å². The van der Waals surface area contributed by atoms with E-state index in [4.69, 9.17) is 5.11 Å². The third kappa shape index (κ3) is 2.47. The second kappa shape index (κ2) is 4.90. The Bertz CT molecular complexity index is 339. The van der Waals surface area contributed by atoms with Crippen molar-refractivity contribution in [3.05, 3.63) is 33.9 Å². The van der Waals surface area contributed by atoms with Gasteiger partial charge < -0.3 is 5.11 Å². The SMILES string of the molecule is O=Cc1cccc([N+](=O)[O-])c1O.[PbH2]. The molecule has 0 aliphatic heterocycles. The van der Waals surface area contributed by atoms with Crippen LogP contribution in [0.25, 0.3) is 0 Å². The average Bonchev–Trinajstić information content (AvgIpc) is 2.04. The second-order valence-electron chi connectivity index (χ2n) is 2.09. The predicted octanol–water partition coefficient (Wildman–Crippen LogP) is 0.197. The number of rotatable bonds is 2. The van der Waals surface area contributed by atoms with Crippen molar-refractivity contribution in [1.82, 2.24) is 0 Å². The number of hydrogen-bond donors (Lipinski definition) is 1. The number of carbonyl (C=O) groups excluding carboxylic acids is 1. The van der Waals surface area contributed by atoms with Crippen LogP contribution in [0.5, 0.6) is 5.75 Å². The fourth-order valence-electron chi connectivity index (χ4n) is 0.791. The summed E-state index contributed by atoms with van der Waals surface area (Å²) in [4.78, 5) is 19.7. The van der Waals surface area contributed by atoms with E-state index in [1.54, 1.807) is 0 Å². The van der Waals surface area contributed by atoms with Gasteiger partial charge in [-0.05, 0) is 6.07 Å². The molecule has 0 bridgehead atoms. The number of phenols is 1. The van der Waals surface area contributed by atoms with Crippen LogP contribution in [0.2, 0.25) is 0 Å². The van der Waals surface area contributed by atoms with Crippen LogP contribution in [0, 0.1) is 10.1 Å². The van der Waals surface area contributed by atoms with Crippen LogP contribution in [-0.2, 0) is 0 Å². The molecule has 1 aromatic rings. The Morgan fingerprint density at radius 3 is 2.54 bits per heavy atom. The van der Waals surface area contributed by atoms with E-state index in [0.29, 0.717) is 6.29 Å². The molecule has 68 valence electrons. The zero-order chi connectivity index (χ0) is 9.14. The van der Waals surface area contributed by atoms with Crippen LogP contribution in [0.1, 0.15) is 10.4 Å². The molecule has 0 amide bonds. The van der Waals surface area contributed by atoms with Crippen molar-refractivity contribution in [2.24, 2.45) is 0 Å². The number of para-hydroxylation sites is 1. The zero-order valence-electron chi connectivity index (χ0n) is 6.64. The van der Waals surface area contributed by atoms with Crippen molar-refractivity contribution in [2.45, 2.75) is 0 Å². The van der Waals surface area contributed by atoms with Gasteiger partial charge in [-0.3, -0.25) is 14.9 Å². The molecule has 5 nitrogen and oxygen atoms in total. The molecule has 2 radical (unpaired) electrons. The summed E-state index contributed by atoms with van der Waals surface area (Å²) in [7, 11) is 0. The van der Waals surface area contributed by atoms with Gasteiger partial charge in [0.1, 0.15) is 0 Å². The van der Waals surface area contributed by atoms with Gasteiger partial charge in [0.25, 0.3) is 0 Å². The van der Waals surface area contributed by atoms with E-state index >= 15 is 0 Å². The quantitative estimate of drug-likeness (QED) is 0.346. The first kappa shape index (κ1) is 12.0. The van der Waals surface area contributed by atoms with Gasteiger partial charge in [0.05, 0.1) is 10.5 Å². The molecule has 13 heavy (non-hydrogen) atoms. The van der Waals surface area contributed by atoms with Crippen molar-refractivity contribution in [1.29, 1.82) is 0 Å². The number of benzene rings is 1. The van der Waals surface area contributed by atoms with Crippen LogP contribution >= 0.6 is 0 Å². The minimum atomic E-state index is -0.748. The van der Waals surface area contributed by atoms with E-state index in [1.165, 1.54) is 12.1 Å². The maximum absolute atomic E-state index is 10.2.